The van der Waals surface area contributed by atoms with Crippen molar-refractivity contribution >= 4 is 11.0 Å². The molecule has 5 rings (SSSR count). The molecule has 2 aromatic heterocycles. The summed E-state index contributed by atoms with van der Waals surface area (Å²) in [5.74, 6) is 1.68. The van der Waals surface area contributed by atoms with E-state index in [1.165, 1.54) is 31.2 Å². The molecule has 27 heavy (non-hydrogen) atoms. The molecule has 2 aromatic carbocycles. The average Bonchev–Trinajstić information content (AvgIpc) is 3.37. The Morgan fingerprint density at radius 2 is 1.63 bits per heavy atom. The zero-order chi connectivity index (χ0) is 18.1. The summed E-state index contributed by atoms with van der Waals surface area (Å²) in [5, 5.41) is 1.11. The molecule has 2 heterocycles. The second kappa shape index (κ2) is 6.88. The van der Waals surface area contributed by atoms with Gasteiger partial charge in [-0.15, -0.1) is 0 Å². The monoisotopic (exact) mass is 355 g/mol. The van der Waals surface area contributed by atoms with Crippen molar-refractivity contribution in [3.05, 3.63) is 73.3 Å². The van der Waals surface area contributed by atoms with Gasteiger partial charge in [-0.25, -0.2) is 9.97 Å². The Kier molecular flexibility index (Phi) is 4.09. The second-order valence-electron chi connectivity index (χ2n) is 7.09. The summed E-state index contributed by atoms with van der Waals surface area (Å²) in [4.78, 5) is 8.84. The maximum absolute atomic E-state index is 5.91. The summed E-state index contributed by atoms with van der Waals surface area (Å²) in [6.07, 6.45) is 10.9. The van der Waals surface area contributed by atoms with E-state index in [-0.39, 0.29) is 0 Å². The van der Waals surface area contributed by atoms with Crippen LogP contribution in [0.15, 0.2) is 73.3 Å². The van der Waals surface area contributed by atoms with Gasteiger partial charge in [-0.05, 0) is 42.7 Å². The van der Waals surface area contributed by atoms with Gasteiger partial charge in [0.15, 0.2) is 0 Å². The minimum atomic E-state index is 0.553. The summed E-state index contributed by atoms with van der Waals surface area (Å²) in [5.41, 5.74) is 3.38. The van der Waals surface area contributed by atoms with Crippen molar-refractivity contribution in [3.63, 3.8) is 0 Å². The number of fused-ring (bicyclic) bond motifs is 1. The highest BCUT2D eigenvalue weighted by Gasteiger charge is 2.21. The predicted molar refractivity (Wildman–Crippen MR) is 107 cm³/mol. The molecule has 1 saturated carbocycles. The highest BCUT2D eigenvalue weighted by Crippen LogP contribution is 2.37. The topological polar surface area (TPSA) is 39.9 Å². The van der Waals surface area contributed by atoms with Gasteiger partial charge in [0.25, 0.3) is 0 Å². The SMILES string of the molecule is c1ccc(Oc2ccc(-c3cn(C4CCCC4)c4ncncc34)cc2)cc1. The Morgan fingerprint density at radius 3 is 2.41 bits per heavy atom. The molecule has 0 atom stereocenters. The summed E-state index contributed by atoms with van der Waals surface area (Å²) in [6, 6.07) is 18.7. The molecule has 4 heteroatoms. The zero-order valence-corrected chi connectivity index (χ0v) is 15.1. The molecular formula is C23H21N3O. The van der Waals surface area contributed by atoms with Gasteiger partial charge in [-0.1, -0.05) is 43.2 Å². The molecular weight excluding hydrogens is 334 g/mol. The first-order valence-corrected chi connectivity index (χ1v) is 9.52. The molecule has 0 spiro atoms. The summed E-state index contributed by atoms with van der Waals surface area (Å²) >= 11 is 0. The van der Waals surface area contributed by atoms with E-state index in [0.29, 0.717) is 6.04 Å². The van der Waals surface area contributed by atoms with Crippen LogP contribution in [0.2, 0.25) is 0 Å². The molecule has 134 valence electrons. The van der Waals surface area contributed by atoms with Gasteiger partial charge in [0, 0.05) is 29.4 Å². The third kappa shape index (κ3) is 3.08. The molecule has 0 N–H and O–H groups in total. The van der Waals surface area contributed by atoms with Gasteiger partial charge in [-0.3, -0.25) is 0 Å². The Morgan fingerprint density at radius 1 is 0.889 bits per heavy atom. The Balaban J connectivity index is 1.50. The van der Waals surface area contributed by atoms with E-state index in [0.717, 1.165) is 28.1 Å². The van der Waals surface area contributed by atoms with E-state index in [2.05, 4.69) is 32.9 Å². The van der Waals surface area contributed by atoms with Crippen LogP contribution in [0.4, 0.5) is 0 Å². The number of nitrogens with zero attached hydrogens (tertiary/aromatic N) is 3. The van der Waals surface area contributed by atoms with Crippen molar-refractivity contribution < 1.29 is 4.74 Å². The van der Waals surface area contributed by atoms with Crippen LogP contribution in [0.25, 0.3) is 22.2 Å². The lowest BCUT2D eigenvalue weighted by Gasteiger charge is -2.12. The zero-order valence-electron chi connectivity index (χ0n) is 15.1. The first kappa shape index (κ1) is 16.1. The largest absolute Gasteiger partial charge is 0.457 e. The van der Waals surface area contributed by atoms with E-state index < -0.39 is 0 Å². The molecule has 4 aromatic rings. The lowest BCUT2D eigenvalue weighted by Crippen LogP contribution is -2.03. The highest BCUT2D eigenvalue weighted by molar-refractivity contribution is 5.93. The third-order valence-corrected chi connectivity index (χ3v) is 5.36. The lowest BCUT2D eigenvalue weighted by atomic mass is 10.1. The van der Waals surface area contributed by atoms with Crippen LogP contribution >= 0.6 is 0 Å². The molecule has 4 nitrogen and oxygen atoms in total. The normalized spacial score (nSPS) is 14.7. The van der Waals surface area contributed by atoms with Gasteiger partial charge in [0.1, 0.15) is 23.5 Å². The van der Waals surface area contributed by atoms with E-state index in [9.17, 15) is 0 Å². The number of hydrogen-bond donors (Lipinski definition) is 0. The highest BCUT2D eigenvalue weighted by atomic mass is 16.5. The first-order chi connectivity index (χ1) is 13.4. The molecule has 0 radical (unpaired) electrons. The van der Waals surface area contributed by atoms with E-state index in [1.807, 2.05) is 48.7 Å². The van der Waals surface area contributed by atoms with Crippen molar-refractivity contribution in [3.8, 4) is 22.6 Å². The van der Waals surface area contributed by atoms with Gasteiger partial charge in [0.2, 0.25) is 0 Å². The Bertz CT molecular complexity index is 1050. The van der Waals surface area contributed by atoms with Crippen molar-refractivity contribution in [2.75, 3.05) is 0 Å². The molecule has 1 aliphatic rings. The quantitative estimate of drug-likeness (QED) is 0.450. The Hall–Kier alpha value is -3.14. The van der Waals surface area contributed by atoms with Crippen LogP contribution in [-0.2, 0) is 0 Å². The smallest absolute Gasteiger partial charge is 0.144 e. The molecule has 0 saturated heterocycles. The Labute approximate surface area is 158 Å². The lowest BCUT2D eigenvalue weighted by molar-refractivity contribution is 0.483. The van der Waals surface area contributed by atoms with Crippen LogP contribution in [0.3, 0.4) is 0 Å². The van der Waals surface area contributed by atoms with Crippen molar-refractivity contribution in [1.29, 1.82) is 0 Å². The number of benzene rings is 2. The number of rotatable bonds is 4. The first-order valence-electron chi connectivity index (χ1n) is 9.52. The number of aromatic nitrogens is 3. The fraction of sp³-hybridized carbons (Fsp3) is 0.217. The van der Waals surface area contributed by atoms with Crippen molar-refractivity contribution in [2.45, 2.75) is 31.7 Å². The number of hydrogen-bond acceptors (Lipinski definition) is 3. The molecule has 1 fully saturated rings. The molecule has 0 bridgehead atoms. The molecule has 0 aliphatic heterocycles. The van der Waals surface area contributed by atoms with Gasteiger partial charge >= 0.3 is 0 Å². The maximum Gasteiger partial charge on any atom is 0.144 e. The van der Waals surface area contributed by atoms with Crippen LogP contribution in [0.5, 0.6) is 11.5 Å². The summed E-state index contributed by atoms with van der Waals surface area (Å²) < 4.78 is 8.27. The summed E-state index contributed by atoms with van der Waals surface area (Å²) in [6.45, 7) is 0. The van der Waals surface area contributed by atoms with Crippen LogP contribution in [0.1, 0.15) is 31.7 Å². The maximum atomic E-state index is 5.91. The predicted octanol–water partition coefficient (Wildman–Crippen LogP) is 6.01. The van der Waals surface area contributed by atoms with Crippen LogP contribution < -0.4 is 4.74 Å². The van der Waals surface area contributed by atoms with Crippen LogP contribution in [-0.4, -0.2) is 14.5 Å². The minimum Gasteiger partial charge on any atom is -0.457 e. The van der Waals surface area contributed by atoms with Crippen molar-refractivity contribution in [2.24, 2.45) is 0 Å². The summed E-state index contributed by atoms with van der Waals surface area (Å²) in [7, 11) is 0. The standard InChI is InChI=1S/C23H21N3O/c1-2-8-19(9-3-1)27-20-12-10-17(11-13-20)22-15-26(18-6-4-5-7-18)23-21(22)14-24-16-25-23/h1-3,8-16,18H,4-7H2. The molecule has 1 aliphatic carbocycles. The fourth-order valence-corrected chi connectivity index (χ4v) is 4.01. The minimum absolute atomic E-state index is 0.553. The van der Waals surface area contributed by atoms with Crippen LogP contribution in [0, 0.1) is 0 Å². The van der Waals surface area contributed by atoms with Gasteiger partial charge < -0.3 is 9.30 Å². The molecule has 0 unspecified atom stereocenters. The second-order valence-corrected chi connectivity index (χ2v) is 7.09. The van der Waals surface area contributed by atoms with E-state index in [1.54, 1.807) is 6.33 Å². The van der Waals surface area contributed by atoms with Gasteiger partial charge in [-0.2, -0.15) is 0 Å². The fourth-order valence-electron chi connectivity index (χ4n) is 4.01. The third-order valence-electron chi connectivity index (χ3n) is 5.36. The number of para-hydroxylation sites is 1. The van der Waals surface area contributed by atoms with Crippen molar-refractivity contribution in [1.82, 2.24) is 14.5 Å². The van der Waals surface area contributed by atoms with E-state index >= 15 is 0 Å². The average molecular weight is 355 g/mol. The number of ether oxygens (including phenoxy) is 1. The van der Waals surface area contributed by atoms with E-state index in [4.69, 9.17) is 4.74 Å². The van der Waals surface area contributed by atoms with Gasteiger partial charge in [0.05, 0.1) is 0 Å². The molecule has 0 amide bonds.